The van der Waals surface area contributed by atoms with Gasteiger partial charge in [0.15, 0.2) is 0 Å². The van der Waals surface area contributed by atoms with Crippen molar-refractivity contribution in [2.24, 2.45) is 29.1 Å². The van der Waals surface area contributed by atoms with Crippen LogP contribution in [0.15, 0.2) is 35.5 Å². The first-order chi connectivity index (χ1) is 15.0. The number of allylic oxidation sites excluding steroid dienone is 4. The molecule has 0 bridgehead atoms. The van der Waals surface area contributed by atoms with E-state index in [1.165, 1.54) is 44.9 Å². The third kappa shape index (κ3) is 8.97. The van der Waals surface area contributed by atoms with E-state index in [4.69, 9.17) is 4.52 Å². The van der Waals surface area contributed by atoms with Crippen LogP contribution in [0.2, 0.25) is 0 Å². The summed E-state index contributed by atoms with van der Waals surface area (Å²) in [6.45, 7) is 13.8. The molecule has 0 radical (unpaired) electrons. The van der Waals surface area contributed by atoms with E-state index in [-0.39, 0.29) is 59.1 Å². The Kier molecular flexibility index (Phi) is 14.2. The fourth-order valence-electron chi connectivity index (χ4n) is 6.92. The van der Waals surface area contributed by atoms with Gasteiger partial charge < -0.3 is 18.9 Å². The summed E-state index contributed by atoms with van der Waals surface area (Å²) in [6.07, 6.45) is 15.9. The van der Waals surface area contributed by atoms with Crippen molar-refractivity contribution in [1.82, 2.24) is 0 Å². The van der Waals surface area contributed by atoms with Gasteiger partial charge in [-0.2, -0.15) is 0 Å². The summed E-state index contributed by atoms with van der Waals surface area (Å²) in [5, 5.41) is 0. The molecular formula is C27H43Na2O4P. The van der Waals surface area contributed by atoms with Gasteiger partial charge in [0, 0.05) is 0 Å². The van der Waals surface area contributed by atoms with Crippen LogP contribution in [-0.2, 0) is 9.09 Å². The molecule has 0 N–H and O–H groups in total. The van der Waals surface area contributed by atoms with Crippen molar-refractivity contribution in [3.8, 4) is 0 Å². The van der Waals surface area contributed by atoms with Crippen molar-refractivity contribution in [3.05, 3.63) is 35.5 Å². The molecule has 3 aliphatic carbocycles. The van der Waals surface area contributed by atoms with Gasteiger partial charge in [0.25, 0.3) is 0 Å². The summed E-state index contributed by atoms with van der Waals surface area (Å²) in [4.78, 5) is 22.1. The molecule has 34 heavy (non-hydrogen) atoms. The molecule has 0 aromatic rings. The Morgan fingerprint density at radius 1 is 1.12 bits per heavy atom. The first-order valence-corrected chi connectivity index (χ1v) is 14.2. The van der Waals surface area contributed by atoms with Crippen LogP contribution < -0.4 is 68.9 Å². The Labute approximate surface area is 252 Å². The second kappa shape index (κ2) is 14.5. The average molecular weight is 509 g/mol. The molecule has 0 aromatic carbocycles. The molecule has 3 aliphatic rings. The number of phosphoric acid groups is 1. The van der Waals surface area contributed by atoms with Crippen LogP contribution in [0.1, 0.15) is 98.3 Å². The van der Waals surface area contributed by atoms with E-state index < -0.39 is 13.9 Å². The zero-order valence-corrected chi connectivity index (χ0v) is 27.5. The summed E-state index contributed by atoms with van der Waals surface area (Å²) in [6, 6.07) is 0. The summed E-state index contributed by atoms with van der Waals surface area (Å²) in [5.74, 6) is 3.03. The van der Waals surface area contributed by atoms with Crippen LogP contribution in [-0.4, -0.2) is 6.10 Å². The minimum absolute atomic E-state index is 0. The van der Waals surface area contributed by atoms with Gasteiger partial charge in [0.2, 0.25) is 0 Å². The maximum Gasteiger partial charge on any atom is 1.00 e. The number of phosphoric ester groups is 1. The molecule has 0 saturated heterocycles. The molecule has 1 unspecified atom stereocenters. The summed E-state index contributed by atoms with van der Waals surface area (Å²) in [7, 11) is -4.95. The van der Waals surface area contributed by atoms with Crippen molar-refractivity contribution < 1.29 is 78.0 Å². The zero-order valence-electron chi connectivity index (χ0n) is 22.6. The van der Waals surface area contributed by atoms with Gasteiger partial charge in [-0.15, -0.1) is 0 Å². The average Bonchev–Trinajstić information content (AvgIpc) is 3.04. The number of rotatable bonds is 8. The van der Waals surface area contributed by atoms with Crippen LogP contribution in [0.4, 0.5) is 0 Å². The van der Waals surface area contributed by atoms with Crippen molar-refractivity contribution in [1.29, 1.82) is 0 Å². The SMILES string of the molecule is C=C1CC[C@H](OP(=O)([O-])[O-])C/C1=C/C=C1\CCC[C@@]2(C)C1CC[C@@H]2[C@H](C)CCCC(C)C.[Na+].[Na+]. The Hall–Kier alpha value is 1.33. The Bertz CT molecular complexity index is 787. The van der Waals surface area contributed by atoms with Crippen LogP contribution in [0.5, 0.6) is 0 Å². The topological polar surface area (TPSA) is 72.4 Å². The minimum Gasteiger partial charge on any atom is -0.790 e. The molecule has 3 saturated carbocycles. The third-order valence-corrected chi connectivity index (χ3v) is 9.17. The van der Waals surface area contributed by atoms with Crippen LogP contribution in [0, 0.1) is 29.1 Å². The van der Waals surface area contributed by atoms with Gasteiger partial charge >= 0.3 is 59.1 Å². The predicted molar refractivity (Wildman–Crippen MR) is 128 cm³/mol. The first-order valence-electron chi connectivity index (χ1n) is 12.8. The fourth-order valence-corrected chi connectivity index (χ4v) is 7.46. The van der Waals surface area contributed by atoms with E-state index in [9.17, 15) is 14.4 Å². The molecule has 182 valence electrons. The number of hydrogen-bond donors (Lipinski definition) is 0. The van der Waals surface area contributed by atoms with Gasteiger partial charge in [-0.25, -0.2) is 0 Å². The maximum absolute atomic E-state index is 11.0. The van der Waals surface area contributed by atoms with Gasteiger partial charge in [-0.05, 0) is 86.0 Å². The Morgan fingerprint density at radius 3 is 2.47 bits per heavy atom. The minimum atomic E-state index is -4.95. The predicted octanol–water partition coefficient (Wildman–Crippen LogP) is 0.480. The Balaban J connectivity index is 0.00000289. The van der Waals surface area contributed by atoms with Gasteiger partial charge in [0.1, 0.15) is 0 Å². The molecule has 0 aromatic heterocycles. The molecule has 7 heteroatoms. The molecule has 3 rings (SSSR count). The van der Waals surface area contributed by atoms with Gasteiger partial charge in [-0.1, -0.05) is 76.8 Å². The van der Waals surface area contributed by atoms with Crippen LogP contribution >= 0.6 is 7.82 Å². The fraction of sp³-hybridized carbons (Fsp3) is 0.778. The van der Waals surface area contributed by atoms with Crippen LogP contribution in [0.25, 0.3) is 0 Å². The molecule has 3 fully saturated rings. The van der Waals surface area contributed by atoms with Crippen molar-refractivity contribution in [2.75, 3.05) is 0 Å². The maximum atomic E-state index is 11.0. The first kappa shape index (κ1) is 33.4. The number of hydrogen-bond acceptors (Lipinski definition) is 4. The van der Waals surface area contributed by atoms with Crippen molar-refractivity contribution >= 4 is 7.82 Å². The second-order valence-electron chi connectivity index (χ2n) is 11.4. The summed E-state index contributed by atoms with van der Waals surface area (Å²) in [5.41, 5.74) is 4.02. The van der Waals surface area contributed by atoms with E-state index in [0.29, 0.717) is 30.6 Å². The zero-order chi connectivity index (χ0) is 23.5. The van der Waals surface area contributed by atoms with Gasteiger partial charge in [0.05, 0.1) is 13.9 Å². The van der Waals surface area contributed by atoms with Gasteiger partial charge in [-0.3, -0.25) is 0 Å². The molecule has 0 aliphatic heterocycles. The van der Waals surface area contributed by atoms with E-state index in [1.807, 2.05) is 0 Å². The summed E-state index contributed by atoms with van der Waals surface area (Å²) >= 11 is 0. The third-order valence-electron chi connectivity index (χ3n) is 8.61. The van der Waals surface area contributed by atoms with Crippen molar-refractivity contribution in [3.63, 3.8) is 0 Å². The quantitative estimate of drug-likeness (QED) is 0.353. The molecular weight excluding hydrogens is 465 g/mol. The monoisotopic (exact) mass is 508 g/mol. The van der Waals surface area contributed by atoms with E-state index in [1.54, 1.807) is 5.57 Å². The van der Waals surface area contributed by atoms with Crippen molar-refractivity contribution in [2.45, 2.75) is 104 Å². The van der Waals surface area contributed by atoms with E-state index in [2.05, 4.69) is 46.4 Å². The molecule has 0 amide bonds. The molecule has 5 atom stereocenters. The molecule has 4 nitrogen and oxygen atoms in total. The second-order valence-corrected chi connectivity index (χ2v) is 12.5. The largest absolute Gasteiger partial charge is 1.00 e. The normalized spacial score (nSPS) is 32.9. The standard InChI is InChI=1S/C27H45O4P.2Na/c1-19(2)8-6-9-21(4)25-15-16-26-22(10-7-17-27(25,26)5)12-13-23-18-24(14-11-20(23)3)31-32(28,29)30;;/h12-13,19,21,24-26H,3,6-11,14-18H2,1-2,4-5H3,(H2,28,29,30);;/q;2*+1/p-2/b22-12+,23-13-;;/t21-,24+,25-,26?,27-;;/m1../s1. The molecule has 0 heterocycles. The van der Waals surface area contributed by atoms with Crippen LogP contribution in [0.3, 0.4) is 0 Å². The Morgan fingerprint density at radius 2 is 1.82 bits per heavy atom. The number of fused-ring (bicyclic) bond motifs is 1. The van der Waals surface area contributed by atoms with E-state index in [0.717, 1.165) is 35.3 Å². The molecule has 0 spiro atoms. The summed E-state index contributed by atoms with van der Waals surface area (Å²) < 4.78 is 15.8. The smallest absolute Gasteiger partial charge is 0.790 e. The van der Waals surface area contributed by atoms with E-state index >= 15 is 0 Å².